The van der Waals surface area contributed by atoms with Gasteiger partial charge in [-0.05, 0) is 31.9 Å². The first-order valence-corrected chi connectivity index (χ1v) is 8.00. The molecule has 1 fully saturated rings. The zero-order valence-electron chi connectivity index (χ0n) is 11.2. The second-order valence-corrected chi connectivity index (χ2v) is 7.03. The van der Waals surface area contributed by atoms with Crippen molar-refractivity contribution >= 4 is 10.0 Å². The number of hydrogen-bond acceptors (Lipinski definition) is 3. The van der Waals surface area contributed by atoms with Crippen molar-refractivity contribution in [3.05, 3.63) is 29.8 Å². The molecule has 4 nitrogen and oxygen atoms in total. The SMILES string of the molecule is CC(N)C1CCCCN1S(=O)(=O)c1cc(F)cc(F)c1. The van der Waals surface area contributed by atoms with Crippen LogP contribution in [0.25, 0.3) is 0 Å². The van der Waals surface area contributed by atoms with E-state index in [1.165, 1.54) is 4.31 Å². The van der Waals surface area contributed by atoms with Crippen molar-refractivity contribution in [2.45, 2.75) is 43.2 Å². The van der Waals surface area contributed by atoms with Crippen LogP contribution in [0.2, 0.25) is 0 Å². The van der Waals surface area contributed by atoms with Crippen LogP contribution in [0.15, 0.2) is 23.1 Å². The highest BCUT2D eigenvalue weighted by Gasteiger charge is 2.35. The molecule has 1 aromatic carbocycles. The molecule has 1 aliphatic heterocycles. The second-order valence-electron chi connectivity index (χ2n) is 5.14. The molecule has 7 heteroatoms. The lowest BCUT2D eigenvalue weighted by atomic mass is 10.00. The molecule has 1 aliphatic rings. The lowest BCUT2D eigenvalue weighted by Gasteiger charge is -2.36. The van der Waals surface area contributed by atoms with Crippen LogP contribution in [0.5, 0.6) is 0 Å². The average Bonchev–Trinajstić information content (AvgIpc) is 2.37. The highest BCUT2D eigenvalue weighted by molar-refractivity contribution is 7.89. The zero-order chi connectivity index (χ0) is 14.9. The summed E-state index contributed by atoms with van der Waals surface area (Å²) in [6.45, 7) is 2.07. The van der Waals surface area contributed by atoms with Gasteiger partial charge in [-0.1, -0.05) is 6.42 Å². The van der Waals surface area contributed by atoms with Crippen molar-refractivity contribution < 1.29 is 17.2 Å². The fraction of sp³-hybridized carbons (Fsp3) is 0.538. The van der Waals surface area contributed by atoms with Crippen LogP contribution in [-0.4, -0.2) is 31.4 Å². The summed E-state index contributed by atoms with van der Waals surface area (Å²) < 4.78 is 52.8. The van der Waals surface area contributed by atoms with Gasteiger partial charge in [0.1, 0.15) is 11.6 Å². The molecule has 1 heterocycles. The summed E-state index contributed by atoms with van der Waals surface area (Å²) in [6, 6.07) is 1.66. The Morgan fingerprint density at radius 3 is 2.40 bits per heavy atom. The smallest absolute Gasteiger partial charge is 0.243 e. The first kappa shape index (κ1) is 15.3. The third-order valence-corrected chi connectivity index (χ3v) is 5.45. The Balaban J connectivity index is 2.42. The van der Waals surface area contributed by atoms with E-state index in [0.29, 0.717) is 19.0 Å². The van der Waals surface area contributed by atoms with Crippen LogP contribution in [0.1, 0.15) is 26.2 Å². The van der Waals surface area contributed by atoms with Crippen molar-refractivity contribution in [2.75, 3.05) is 6.54 Å². The molecular weight excluding hydrogens is 286 g/mol. The zero-order valence-corrected chi connectivity index (χ0v) is 12.0. The van der Waals surface area contributed by atoms with E-state index >= 15 is 0 Å². The predicted molar refractivity (Wildman–Crippen MR) is 71.5 cm³/mol. The van der Waals surface area contributed by atoms with Gasteiger partial charge >= 0.3 is 0 Å². The van der Waals surface area contributed by atoms with Gasteiger partial charge in [-0.3, -0.25) is 0 Å². The summed E-state index contributed by atoms with van der Waals surface area (Å²) in [4.78, 5) is -0.359. The summed E-state index contributed by atoms with van der Waals surface area (Å²) in [5.74, 6) is -1.81. The normalized spacial score (nSPS) is 22.7. The summed E-state index contributed by atoms with van der Waals surface area (Å²) in [5.41, 5.74) is 5.84. The average molecular weight is 304 g/mol. The van der Waals surface area contributed by atoms with Gasteiger partial charge in [0, 0.05) is 24.7 Å². The van der Waals surface area contributed by atoms with Crippen molar-refractivity contribution in [3.63, 3.8) is 0 Å². The molecule has 1 saturated heterocycles. The van der Waals surface area contributed by atoms with E-state index in [9.17, 15) is 17.2 Å². The molecule has 0 radical (unpaired) electrons. The van der Waals surface area contributed by atoms with E-state index in [1.807, 2.05) is 0 Å². The lowest BCUT2D eigenvalue weighted by molar-refractivity contribution is 0.227. The maximum absolute atomic E-state index is 13.2. The largest absolute Gasteiger partial charge is 0.326 e. The van der Waals surface area contributed by atoms with Crippen LogP contribution < -0.4 is 5.73 Å². The number of sulfonamides is 1. The van der Waals surface area contributed by atoms with Crippen LogP contribution in [-0.2, 0) is 10.0 Å². The molecular formula is C13H18F2N2O2S. The minimum Gasteiger partial charge on any atom is -0.326 e. The number of nitrogens with zero attached hydrogens (tertiary/aromatic N) is 1. The summed E-state index contributed by atoms with van der Waals surface area (Å²) in [7, 11) is -3.93. The van der Waals surface area contributed by atoms with Crippen molar-refractivity contribution in [1.29, 1.82) is 0 Å². The van der Waals surface area contributed by atoms with Gasteiger partial charge in [-0.2, -0.15) is 4.31 Å². The van der Waals surface area contributed by atoms with Crippen LogP contribution in [0.4, 0.5) is 8.78 Å². The van der Waals surface area contributed by atoms with E-state index in [1.54, 1.807) is 6.92 Å². The molecule has 2 unspecified atom stereocenters. The lowest BCUT2D eigenvalue weighted by Crippen LogP contribution is -2.51. The number of piperidine rings is 1. The van der Waals surface area contributed by atoms with Gasteiger partial charge < -0.3 is 5.73 Å². The van der Waals surface area contributed by atoms with E-state index in [-0.39, 0.29) is 17.0 Å². The Kier molecular flexibility index (Phi) is 4.41. The van der Waals surface area contributed by atoms with Crippen molar-refractivity contribution in [3.8, 4) is 0 Å². The molecule has 2 atom stereocenters. The minimum absolute atomic E-state index is 0.326. The van der Waals surface area contributed by atoms with Crippen molar-refractivity contribution in [2.24, 2.45) is 5.73 Å². The maximum Gasteiger partial charge on any atom is 0.243 e. The minimum atomic E-state index is -3.93. The maximum atomic E-state index is 13.2. The van der Waals surface area contributed by atoms with Gasteiger partial charge in [0.25, 0.3) is 0 Å². The van der Waals surface area contributed by atoms with Gasteiger partial charge in [-0.25, -0.2) is 17.2 Å². The van der Waals surface area contributed by atoms with Crippen LogP contribution in [0, 0.1) is 11.6 Å². The van der Waals surface area contributed by atoms with Gasteiger partial charge in [0.2, 0.25) is 10.0 Å². The fourth-order valence-electron chi connectivity index (χ4n) is 2.57. The van der Waals surface area contributed by atoms with Crippen LogP contribution >= 0.6 is 0 Å². The Hall–Kier alpha value is -1.05. The molecule has 0 saturated carbocycles. The highest BCUT2D eigenvalue weighted by Crippen LogP contribution is 2.27. The summed E-state index contributed by atoms with van der Waals surface area (Å²) >= 11 is 0. The molecule has 112 valence electrons. The molecule has 0 amide bonds. The molecule has 0 aromatic heterocycles. The third kappa shape index (κ3) is 2.99. The second kappa shape index (κ2) is 5.75. The van der Waals surface area contributed by atoms with Gasteiger partial charge in [0.15, 0.2) is 0 Å². The molecule has 0 aliphatic carbocycles. The van der Waals surface area contributed by atoms with Gasteiger partial charge in [-0.15, -0.1) is 0 Å². The molecule has 20 heavy (non-hydrogen) atoms. The number of hydrogen-bond donors (Lipinski definition) is 1. The van der Waals surface area contributed by atoms with Crippen molar-refractivity contribution in [1.82, 2.24) is 4.31 Å². The monoisotopic (exact) mass is 304 g/mol. The van der Waals surface area contributed by atoms with Crippen LogP contribution in [0.3, 0.4) is 0 Å². The number of nitrogens with two attached hydrogens (primary N) is 1. The topological polar surface area (TPSA) is 63.4 Å². The Labute approximate surface area is 117 Å². The first-order chi connectivity index (χ1) is 9.32. The molecule has 2 rings (SSSR count). The third-order valence-electron chi connectivity index (χ3n) is 3.55. The van der Waals surface area contributed by atoms with E-state index < -0.39 is 21.7 Å². The molecule has 1 aromatic rings. The molecule has 0 spiro atoms. The molecule has 0 bridgehead atoms. The van der Waals surface area contributed by atoms with E-state index in [4.69, 9.17) is 5.73 Å². The predicted octanol–water partition coefficient (Wildman–Crippen LogP) is 1.86. The van der Waals surface area contributed by atoms with Gasteiger partial charge in [0.05, 0.1) is 4.90 Å². The summed E-state index contributed by atoms with van der Waals surface area (Å²) in [5, 5.41) is 0. The standard InChI is InChI=1S/C13H18F2N2O2S/c1-9(16)13-4-2-3-5-17(13)20(18,19)12-7-10(14)6-11(15)8-12/h6-9,13H,2-5,16H2,1H3. The quantitative estimate of drug-likeness (QED) is 0.927. The Morgan fingerprint density at radius 2 is 1.85 bits per heavy atom. The Bertz CT molecular complexity index is 570. The summed E-state index contributed by atoms with van der Waals surface area (Å²) in [6.07, 6.45) is 2.28. The first-order valence-electron chi connectivity index (χ1n) is 6.56. The molecule has 2 N–H and O–H groups in total. The number of halogens is 2. The van der Waals surface area contributed by atoms with E-state index in [2.05, 4.69) is 0 Å². The fourth-order valence-corrected chi connectivity index (χ4v) is 4.38. The number of rotatable bonds is 3. The highest BCUT2D eigenvalue weighted by atomic mass is 32.2. The number of benzene rings is 1. The van der Waals surface area contributed by atoms with E-state index in [0.717, 1.165) is 25.0 Å². The Morgan fingerprint density at radius 1 is 1.25 bits per heavy atom.